The average Bonchev–Trinajstić information content (AvgIpc) is 3.73. The smallest absolute Gasteiger partial charge is 0.386 e. The minimum Gasteiger partial charge on any atom is -0.386 e. The van der Waals surface area contributed by atoms with Crippen LogP contribution in [0.4, 0.5) is 11.5 Å². The van der Waals surface area contributed by atoms with Crippen LogP contribution in [0.1, 0.15) is 26.5 Å². The summed E-state index contributed by atoms with van der Waals surface area (Å²) in [5.74, 6) is -1.40. The zero-order valence-corrected chi connectivity index (χ0v) is 35.2. The number of anilines is 2. The molecule has 1 fully saturated rings. The van der Waals surface area contributed by atoms with Crippen LogP contribution < -0.4 is 21.7 Å². The van der Waals surface area contributed by atoms with Crippen molar-refractivity contribution in [3.63, 3.8) is 0 Å². The van der Waals surface area contributed by atoms with E-state index < -0.39 is 95.8 Å². The Bertz CT molecular complexity index is 2100. The summed E-state index contributed by atoms with van der Waals surface area (Å²) in [6.45, 7) is 0.242. The summed E-state index contributed by atoms with van der Waals surface area (Å²) >= 11 is 0.823. The molecule has 0 spiro atoms. The molecule has 1 aliphatic rings. The molecule has 30 heteroatoms. The number of nitrogens with one attached hydrogen (secondary N) is 3. The predicted molar refractivity (Wildman–Crippen MR) is 208 cm³/mol. The molecular formula is C30H45N8O18P3S. The normalized spacial score (nSPS) is 21.4. The number of imidazole rings is 1. The van der Waals surface area contributed by atoms with Gasteiger partial charge in [-0.15, -0.1) is 0 Å². The first-order valence-electron chi connectivity index (χ1n) is 17.5. The zero-order chi connectivity index (χ0) is 44.5. The Balaban J connectivity index is 1.19. The number of phosphoric ester groups is 3. The SMILES string of the molecule is CC(C)(COP(=O)(O)OP(=O)(O)OC[C@H]1O[C@@H](n2cnc3c(N)ncnc32)[C@H](O)[C@@H]1OP(=O)(O)O)[C@@H](O)C(=O)NCCC(=O)NCCSC(=O)C(O)CNc1ccccc1. The van der Waals surface area contributed by atoms with Crippen molar-refractivity contribution < 1.29 is 85.6 Å². The van der Waals surface area contributed by atoms with E-state index in [4.69, 9.17) is 19.5 Å². The number of nitrogens with zero attached hydrogens (tertiary/aromatic N) is 4. The Labute approximate surface area is 345 Å². The van der Waals surface area contributed by atoms with E-state index in [0.717, 1.165) is 34.7 Å². The number of hydrogen-bond donors (Lipinski definition) is 11. The van der Waals surface area contributed by atoms with Gasteiger partial charge in [-0.2, -0.15) is 4.31 Å². The molecule has 3 aromatic rings. The van der Waals surface area contributed by atoms with Crippen molar-refractivity contribution in [3.8, 4) is 0 Å². The molecule has 0 saturated carbocycles. The number of aromatic nitrogens is 4. The number of carbonyl (C=O) groups is 3. The summed E-state index contributed by atoms with van der Waals surface area (Å²) < 4.78 is 62.2. The molecule has 4 rings (SSSR count). The number of aliphatic hydroxyl groups is 3. The van der Waals surface area contributed by atoms with Crippen molar-refractivity contribution in [3.05, 3.63) is 43.0 Å². The molecule has 1 aliphatic heterocycles. The molecule has 0 aliphatic carbocycles. The summed E-state index contributed by atoms with van der Waals surface area (Å²) in [5.41, 5.74) is 4.95. The Morgan fingerprint density at radius 2 is 1.68 bits per heavy atom. The van der Waals surface area contributed by atoms with Crippen LogP contribution >= 0.6 is 35.2 Å². The highest BCUT2D eigenvalue weighted by Gasteiger charge is 2.50. The summed E-state index contributed by atoms with van der Waals surface area (Å²) in [6.07, 6.45) is -8.34. The van der Waals surface area contributed by atoms with Crippen molar-refractivity contribution in [1.29, 1.82) is 0 Å². The van der Waals surface area contributed by atoms with E-state index in [1.54, 1.807) is 24.3 Å². The number of rotatable bonds is 23. The number of benzene rings is 1. The average molecular weight is 931 g/mol. The second-order valence-electron chi connectivity index (χ2n) is 13.5. The molecule has 3 heterocycles. The minimum atomic E-state index is -5.59. The zero-order valence-electron chi connectivity index (χ0n) is 31.7. The molecule has 2 amide bonds. The van der Waals surface area contributed by atoms with Crippen LogP contribution in [-0.2, 0) is 50.7 Å². The molecule has 0 radical (unpaired) electrons. The number of phosphoric acid groups is 3. The van der Waals surface area contributed by atoms with Crippen molar-refractivity contribution in [1.82, 2.24) is 30.2 Å². The van der Waals surface area contributed by atoms with E-state index in [2.05, 4.69) is 39.7 Å². The van der Waals surface area contributed by atoms with Crippen molar-refractivity contribution >= 4 is 74.8 Å². The highest BCUT2D eigenvalue weighted by atomic mass is 32.2. The molecule has 26 nitrogen and oxygen atoms in total. The lowest BCUT2D eigenvalue weighted by atomic mass is 9.87. The van der Waals surface area contributed by atoms with Crippen LogP contribution in [0.3, 0.4) is 0 Å². The maximum absolute atomic E-state index is 12.7. The van der Waals surface area contributed by atoms with Gasteiger partial charge in [-0.3, -0.25) is 32.5 Å². The van der Waals surface area contributed by atoms with Crippen molar-refractivity contribution in [2.45, 2.75) is 57.0 Å². The highest BCUT2D eigenvalue weighted by molar-refractivity contribution is 8.13. The van der Waals surface area contributed by atoms with Gasteiger partial charge in [0.2, 0.25) is 16.9 Å². The van der Waals surface area contributed by atoms with Crippen molar-refractivity contribution in [2.24, 2.45) is 5.41 Å². The van der Waals surface area contributed by atoms with Gasteiger partial charge >= 0.3 is 23.5 Å². The molecule has 12 N–H and O–H groups in total. The fourth-order valence-electron chi connectivity index (χ4n) is 5.23. The lowest BCUT2D eigenvalue weighted by Gasteiger charge is -2.30. The Hall–Kier alpha value is -3.46. The van der Waals surface area contributed by atoms with Gasteiger partial charge in [0.1, 0.15) is 42.4 Å². The number of para-hydroxylation sites is 1. The molecule has 0 bridgehead atoms. The first kappa shape index (κ1) is 49.2. The molecule has 2 aromatic heterocycles. The second-order valence-corrected chi connectivity index (χ2v) is 18.8. The van der Waals surface area contributed by atoms with Gasteiger partial charge in [-0.1, -0.05) is 43.8 Å². The highest BCUT2D eigenvalue weighted by Crippen LogP contribution is 2.61. The van der Waals surface area contributed by atoms with Gasteiger partial charge in [0.15, 0.2) is 17.7 Å². The van der Waals surface area contributed by atoms with Crippen LogP contribution in [0.5, 0.6) is 0 Å². The number of ether oxygens (including phenoxy) is 1. The third kappa shape index (κ3) is 14.6. The Morgan fingerprint density at radius 3 is 2.37 bits per heavy atom. The first-order valence-corrected chi connectivity index (χ1v) is 23.0. The van der Waals surface area contributed by atoms with Gasteiger partial charge in [-0.05, 0) is 12.1 Å². The largest absolute Gasteiger partial charge is 0.481 e. The van der Waals surface area contributed by atoms with Gasteiger partial charge in [0, 0.05) is 42.9 Å². The van der Waals surface area contributed by atoms with Gasteiger partial charge < -0.3 is 61.3 Å². The monoisotopic (exact) mass is 930 g/mol. The quantitative estimate of drug-likeness (QED) is 0.0407. The number of thioether (sulfide) groups is 1. The molecular weight excluding hydrogens is 885 g/mol. The minimum absolute atomic E-state index is 0.000177. The topological polar surface area (TPSA) is 396 Å². The third-order valence-electron chi connectivity index (χ3n) is 8.29. The van der Waals surface area contributed by atoms with E-state index >= 15 is 0 Å². The molecule has 334 valence electrons. The summed E-state index contributed by atoms with van der Waals surface area (Å²) in [6, 6.07) is 8.96. The number of carbonyl (C=O) groups excluding carboxylic acids is 3. The second kappa shape index (κ2) is 21.1. The number of aliphatic hydroxyl groups excluding tert-OH is 3. The van der Waals surface area contributed by atoms with Crippen LogP contribution in [0, 0.1) is 5.41 Å². The number of amides is 2. The van der Waals surface area contributed by atoms with E-state index in [1.807, 2.05) is 6.07 Å². The standard InChI is InChI=1S/C30H45N8O18P3S/c1-30(2,24(42)27(43)33-9-8-20(40)32-10-11-60-29(44)18(39)12-34-17-6-4-3-5-7-17)14-53-59(50,51)56-58(48,49)52-13-19-23(55-57(45,46)47)22(41)28(54-19)38-16-37-21-25(31)35-15-36-26(21)38/h3-7,15-16,18-19,22-24,28,34,39,41-42H,8-14H2,1-2H3,(H,32,40)(H,33,43)(H,48,49)(H,50,51)(H2,31,35,36)(H2,45,46,47)/t18?,19-,22-,23-,24+,28-/m1/s1. The number of fused-ring (bicyclic) bond motifs is 1. The molecule has 8 atom stereocenters. The van der Waals surface area contributed by atoms with Crippen LogP contribution in [0.15, 0.2) is 43.0 Å². The lowest BCUT2D eigenvalue weighted by Crippen LogP contribution is -2.46. The summed E-state index contributed by atoms with van der Waals surface area (Å²) in [7, 11) is -16.4. The summed E-state index contributed by atoms with van der Waals surface area (Å²) in [5, 5.41) is 38.8. The van der Waals surface area contributed by atoms with E-state index in [9.17, 15) is 63.0 Å². The molecule has 1 aromatic carbocycles. The Morgan fingerprint density at radius 1 is 1.00 bits per heavy atom. The van der Waals surface area contributed by atoms with Gasteiger partial charge in [0.05, 0.1) is 19.5 Å². The van der Waals surface area contributed by atoms with Gasteiger partial charge in [-0.25, -0.2) is 28.6 Å². The van der Waals surface area contributed by atoms with E-state index in [-0.39, 0.29) is 48.8 Å². The third-order valence-corrected chi connectivity index (χ3v) is 12.4. The van der Waals surface area contributed by atoms with E-state index in [1.165, 1.54) is 13.8 Å². The predicted octanol–water partition coefficient (Wildman–Crippen LogP) is -0.862. The fraction of sp³-hybridized carbons (Fsp3) is 0.533. The molecule has 1 saturated heterocycles. The van der Waals surface area contributed by atoms with Crippen LogP contribution in [0.25, 0.3) is 11.2 Å². The number of hydrogen-bond acceptors (Lipinski definition) is 20. The van der Waals surface area contributed by atoms with Crippen molar-refractivity contribution in [2.75, 3.05) is 49.7 Å². The summed E-state index contributed by atoms with van der Waals surface area (Å²) in [4.78, 5) is 87.9. The van der Waals surface area contributed by atoms with Crippen LogP contribution in [-0.4, -0.2) is 140 Å². The molecule has 3 unspecified atom stereocenters. The first-order chi connectivity index (χ1) is 28.0. The maximum atomic E-state index is 12.7. The molecule has 60 heavy (non-hydrogen) atoms. The maximum Gasteiger partial charge on any atom is 0.481 e. The van der Waals surface area contributed by atoms with Crippen LogP contribution in [0.2, 0.25) is 0 Å². The number of nitrogen functional groups attached to an aromatic ring is 1. The Kier molecular flexibility index (Phi) is 17.3. The fourth-order valence-corrected chi connectivity index (χ4v) is 8.74. The lowest BCUT2D eigenvalue weighted by molar-refractivity contribution is -0.137. The van der Waals surface area contributed by atoms with Gasteiger partial charge in [0.25, 0.3) is 0 Å². The van der Waals surface area contributed by atoms with E-state index in [0.29, 0.717) is 0 Å². The number of nitrogens with two attached hydrogens (primary N) is 1.